The predicted octanol–water partition coefficient (Wildman–Crippen LogP) is 3.10. The molecule has 78 valence electrons. The molecule has 0 radical (unpaired) electrons. The number of rotatable bonds is 4. The van der Waals surface area contributed by atoms with Crippen LogP contribution in [0.4, 0.5) is 0 Å². The second-order valence-electron chi connectivity index (χ2n) is 3.80. The molecule has 1 fully saturated rings. The van der Waals surface area contributed by atoms with E-state index in [1.54, 1.807) is 11.3 Å². The Labute approximate surface area is 97.3 Å². The van der Waals surface area contributed by atoms with Gasteiger partial charge in [-0.15, -0.1) is 11.3 Å². The summed E-state index contributed by atoms with van der Waals surface area (Å²) in [5, 5.41) is 6.52. The number of nitrogens with zero attached hydrogens (tertiary/aromatic N) is 1. The molecule has 2 rings (SSSR count). The van der Waals surface area contributed by atoms with Crippen molar-refractivity contribution in [2.45, 2.75) is 30.6 Å². The zero-order valence-electron chi connectivity index (χ0n) is 8.29. The van der Waals surface area contributed by atoms with Crippen LogP contribution in [0.25, 0.3) is 0 Å². The zero-order valence-corrected chi connectivity index (χ0v) is 10.7. The zero-order chi connectivity index (χ0) is 9.97. The number of alkyl halides is 1. The molecule has 1 aromatic rings. The summed E-state index contributed by atoms with van der Waals surface area (Å²) in [6.07, 6.45) is 4.11. The fourth-order valence-electron chi connectivity index (χ4n) is 1.65. The molecule has 1 aliphatic rings. The van der Waals surface area contributed by atoms with Crippen molar-refractivity contribution in [1.82, 2.24) is 10.3 Å². The van der Waals surface area contributed by atoms with Crippen molar-refractivity contribution in [2.24, 2.45) is 5.92 Å². The van der Waals surface area contributed by atoms with Gasteiger partial charge < -0.3 is 5.32 Å². The van der Waals surface area contributed by atoms with Crippen molar-refractivity contribution >= 4 is 27.3 Å². The maximum Gasteiger partial charge on any atom is 0.107 e. The highest BCUT2D eigenvalue weighted by atomic mass is 79.9. The van der Waals surface area contributed by atoms with E-state index >= 15 is 0 Å². The van der Waals surface area contributed by atoms with Gasteiger partial charge in [-0.3, -0.25) is 0 Å². The second kappa shape index (κ2) is 4.73. The van der Waals surface area contributed by atoms with Gasteiger partial charge in [0.15, 0.2) is 0 Å². The van der Waals surface area contributed by atoms with E-state index in [-0.39, 0.29) is 0 Å². The van der Waals surface area contributed by atoms with E-state index in [1.165, 1.54) is 24.3 Å². The number of thiazole rings is 1. The van der Waals surface area contributed by atoms with Crippen molar-refractivity contribution in [1.29, 1.82) is 0 Å². The van der Waals surface area contributed by atoms with Crippen molar-refractivity contribution < 1.29 is 0 Å². The van der Waals surface area contributed by atoms with Gasteiger partial charge in [0.1, 0.15) is 5.01 Å². The normalized spacial score (nSPS) is 19.3. The van der Waals surface area contributed by atoms with E-state index in [2.05, 4.69) is 31.6 Å². The number of halogens is 1. The van der Waals surface area contributed by atoms with Crippen LogP contribution in [0.5, 0.6) is 0 Å². The van der Waals surface area contributed by atoms with Gasteiger partial charge in [0.05, 0.1) is 10.5 Å². The summed E-state index contributed by atoms with van der Waals surface area (Å²) in [7, 11) is 1.95. The molecule has 1 atom stereocenters. The Morgan fingerprint density at radius 2 is 2.50 bits per heavy atom. The van der Waals surface area contributed by atoms with Crippen LogP contribution in [-0.2, 0) is 6.54 Å². The van der Waals surface area contributed by atoms with Gasteiger partial charge in [-0.2, -0.15) is 0 Å². The van der Waals surface area contributed by atoms with Gasteiger partial charge in [0.2, 0.25) is 0 Å². The van der Waals surface area contributed by atoms with Crippen LogP contribution in [0, 0.1) is 5.92 Å². The topological polar surface area (TPSA) is 24.9 Å². The Kier molecular flexibility index (Phi) is 3.57. The Hall–Kier alpha value is 0.0700. The van der Waals surface area contributed by atoms with Crippen LogP contribution < -0.4 is 5.32 Å². The van der Waals surface area contributed by atoms with E-state index < -0.39 is 0 Å². The maximum absolute atomic E-state index is 4.61. The fourth-order valence-corrected chi connectivity index (χ4v) is 3.49. The SMILES string of the molecule is CNCc1csc(C(Br)C2CCC2)n1. The Bertz CT molecular complexity index is 296. The van der Waals surface area contributed by atoms with Crippen LogP contribution in [0.2, 0.25) is 0 Å². The van der Waals surface area contributed by atoms with E-state index in [0.29, 0.717) is 4.83 Å². The highest BCUT2D eigenvalue weighted by Crippen LogP contribution is 2.43. The van der Waals surface area contributed by atoms with E-state index in [0.717, 1.165) is 18.2 Å². The van der Waals surface area contributed by atoms with Gasteiger partial charge in [0.25, 0.3) is 0 Å². The van der Waals surface area contributed by atoms with E-state index in [9.17, 15) is 0 Å². The first-order chi connectivity index (χ1) is 6.81. The minimum Gasteiger partial charge on any atom is -0.314 e. The Morgan fingerprint density at radius 1 is 1.71 bits per heavy atom. The van der Waals surface area contributed by atoms with Crippen LogP contribution in [0.15, 0.2) is 5.38 Å². The first-order valence-electron chi connectivity index (χ1n) is 5.04. The largest absolute Gasteiger partial charge is 0.314 e. The lowest BCUT2D eigenvalue weighted by atomic mass is 9.83. The van der Waals surface area contributed by atoms with Crippen molar-refractivity contribution in [3.8, 4) is 0 Å². The highest BCUT2D eigenvalue weighted by molar-refractivity contribution is 9.09. The lowest BCUT2D eigenvalue weighted by Crippen LogP contribution is -2.16. The summed E-state index contributed by atoms with van der Waals surface area (Å²) in [5.74, 6) is 0.823. The molecule has 0 aliphatic heterocycles. The Morgan fingerprint density at radius 3 is 3.07 bits per heavy atom. The summed E-state index contributed by atoms with van der Waals surface area (Å²) in [6.45, 7) is 0.876. The van der Waals surface area contributed by atoms with Gasteiger partial charge >= 0.3 is 0 Å². The average molecular weight is 275 g/mol. The molecule has 1 heterocycles. The smallest absolute Gasteiger partial charge is 0.107 e. The molecule has 2 nitrogen and oxygen atoms in total. The van der Waals surface area contributed by atoms with E-state index in [4.69, 9.17) is 0 Å². The summed E-state index contributed by atoms with van der Waals surface area (Å²) >= 11 is 5.53. The molecule has 1 aliphatic carbocycles. The van der Waals surface area contributed by atoms with Crippen LogP contribution in [-0.4, -0.2) is 12.0 Å². The molecule has 1 N–H and O–H groups in total. The lowest BCUT2D eigenvalue weighted by molar-refractivity contribution is 0.312. The van der Waals surface area contributed by atoms with Crippen molar-refractivity contribution in [3.05, 3.63) is 16.1 Å². The molecule has 0 amide bonds. The molecule has 1 saturated carbocycles. The summed E-state index contributed by atoms with van der Waals surface area (Å²) in [4.78, 5) is 5.10. The molecule has 14 heavy (non-hydrogen) atoms. The third kappa shape index (κ3) is 2.18. The quantitative estimate of drug-likeness (QED) is 0.854. The molecular weight excluding hydrogens is 260 g/mol. The molecular formula is C10H15BrN2S. The molecule has 0 spiro atoms. The van der Waals surface area contributed by atoms with Crippen LogP contribution in [0.1, 0.15) is 34.8 Å². The first kappa shape index (κ1) is 10.6. The fraction of sp³-hybridized carbons (Fsp3) is 0.700. The standard InChI is InChI=1S/C10H15BrN2S/c1-12-5-8-6-14-10(13-8)9(11)7-3-2-4-7/h6-7,9,12H,2-5H2,1H3. The second-order valence-corrected chi connectivity index (χ2v) is 5.68. The number of hydrogen-bond donors (Lipinski definition) is 1. The number of hydrogen-bond acceptors (Lipinski definition) is 3. The van der Waals surface area contributed by atoms with Crippen LogP contribution in [0.3, 0.4) is 0 Å². The van der Waals surface area contributed by atoms with Gasteiger partial charge in [-0.25, -0.2) is 4.98 Å². The Balaban J connectivity index is 2.00. The summed E-state index contributed by atoms with van der Waals surface area (Å²) in [5.41, 5.74) is 1.16. The summed E-state index contributed by atoms with van der Waals surface area (Å²) in [6, 6.07) is 0. The third-order valence-electron chi connectivity index (χ3n) is 2.73. The van der Waals surface area contributed by atoms with E-state index in [1.807, 2.05) is 7.05 Å². The summed E-state index contributed by atoms with van der Waals surface area (Å²) < 4.78 is 0. The minimum atomic E-state index is 0.492. The van der Waals surface area contributed by atoms with Gasteiger partial charge in [-0.05, 0) is 25.8 Å². The average Bonchev–Trinajstić information content (AvgIpc) is 2.50. The van der Waals surface area contributed by atoms with Crippen LogP contribution >= 0.6 is 27.3 Å². The third-order valence-corrected chi connectivity index (χ3v) is 5.19. The van der Waals surface area contributed by atoms with Crippen molar-refractivity contribution in [2.75, 3.05) is 7.05 Å². The first-order valence-corrected chi connectivity index (χ1v) is 6.83. The molecule has 1 unspecified atom stereocenters. The molecule has 0 bridgehead atoms. The number of nitrogens with one attached hydrogen (secondary N) is 1. The lowest BCUT2D eigenvalue weighted by Gasteiger charge is -2.28. The molecule has 4 heteroatoms. The molecule has 1 aromatic heterocycles. The van der Waals surface area contributed by atoms with Gasteiger partial charge in [0, 0.05) is 11.9 Å². The monoisotopic (exact) mass is 274 g/mol. The van der Waals surface area contributed by atoms with Gasteiger partial charge in [-0.1, -0.05) is 22.4 Å². The highest BCUT2D eigenvalue weighted by Gasteiger charge is 2.28. The maximum atomic E-state index is 4.61. The molecule has 0 aromatic carbocycles. The number of aromatic nitrogens is 1. The molecule has 0 saturated heterocycles. The minimum absolute atomic E-state index is 0.492. The predicted molar refractivity (Wildman–Crippen MR) is 63.9 cm³/mol. The van der Waals surface area contributed by atoms with Crippen molar-refractivity contribution in [3.63, 3.8) is 0 Å².